The predicted octanol–water partition coefficient (Wildman–Crippen LogP) is 14.0. The molecule has 0 aliphatic heterocycles. The molecule has 0 unspecified atom stereocenters. The minimum Gasteiger partial charge on any atom is -0.436 e. The van der Waals surface area contributed by atoms with E-state index >= 15 is 0 Å². The fourth-order valence-corrected chi connectivity index (χ4v) is 8.12. The first kappa shape index (κ1) is 31.1. The van der Waals surface area contributed by atoms with Gasteiger partial charge in [0.05, 0.1) is 11.0 Å². The molecule has 0 bridgehead atoms. The van der Waals surface area contributed by atoms with Crippen LogP contribution in [-0.4, -0.2) is 9.55 Å². The second-order valence-corrected chi connectivity index (χ2v) is 14.0. The summed E-state index contributed by atoms with van der Waals surface area (Å²) in [5, 5.41) is 7.08. The van der Waals surface area contributed by atoms with Crippen molar-refractivity contribution in [2.75, 3.05) is 4.90 Å². The maximum Gasteiger partial charge on any atom is 0.227 e. The van der Waals surface area contributed by atoms with Crippen molar-refractivity contribution >= 4 is 71.5 Å². The normalized spacial score (nSPS) is 11.6. The van der Waals surface area contributed by atoms with E-state index in [1.54, 1.807) is 0 Å². The molecular weight excluding hydrogens is 671 g/mol. The van der Waals surface area contributed by atoms with Crippen LogP contribution in [0, 0.1) is 0 Å². The molecule has 0 aliphatic carbocycles. The second-order valence-electron chi connectivity index (χ2n) is 14.0. The number of hydrogen-bond acceptors (Lipinski definition) is 3. The highest BCUT2D eigenvalue weighted by molar-refractivity contribution is 6.11. The van der Waals surface area contributed by atoms with Gasteiger partial charge in [-0.1, -0.05) is 115 Å². The van der Waals surface area contributed by atoms with Gasteiger partial charge < -0.3 is 13.9 Å². The molecule has 4 heteroatoms. The molecule has 4 nitrogen and oxygen atoms in total. The molecule has 0 amide bonds. The summed E-state index contributed by atoms with van der Waals surface area (Å²) >= 11 is 0. The van der Waals surface area contributed by atoms with E-state index in [2.05, 4.69) is 173 Å². The number of oxazole rings is 1. The third-order valence-electron chi connectivity index (χ3n) is 10.8. The molecular formula is C51H33N3O. The topological polar surface area (TPSA) is 34.2 Å². The van der Waals surface area contributed by atoms with Gasteiger partial charge in [0.1, 0.15) is 5.52 Å². The van der Waals surface area contributed by atoms with Crippen molar-refractivity contribution in [2.45, 2.75) is 0 Å². The molecule has 2 heterocycles. The zero-order chi connectivity index (χ0) is 36.3. The van der Waals surface area contributed by atoms with Gasteiger partial charge in [-0.25, -0.2) is 4.98 Å². The summed E-state index contributed by atoms with van der Waals surface area (Å²) in [4.78, 5) is 7.33. The Balaban J connectivity index is 1.09. The van der Waals surface area contributed by atoms with Gasteiger partial charge in [-0.15, -0.1) is 0 Å². The standard InChI is InChI=1S/C51H33N3O/c1-3-12-36(13-4-1)51-52-50-44-28-26-42(32-39(44)23-30-49(50)55-51)53(41-24-21-35(22-25-41)38-20-19-34-11-7-8-14-37(34)31-38)43-27-29-46-45-17-9-10-18-47(45)54(48(46)33-43)40-15-5-2-6-16-40/h1-33H. The minimum atomic E-state index is 0.627. The van der Waals surface area contributed by atoms with E-state index in [-0.39, 0.29) is 0 Å². The molecule has 0 N–H and O–H groups in total. The average molecular weight is 704 g/mol. The Morgan fingerprint density at radius 2 is 1.04 bits per heavy atom. The Morgan fingerprint density at radius 3 is 1.87 bits per heavy atom. The highest BCUT2D eigenvalue weighted by atomic mass is 16.3. The van der Waals surface area contributed by atoms with Gasteiger partial charge in [0.15, 0.2) is 5.58 Å². The first-order chi connectivity index (χ1) is 27.2. The number of fused-ring (bicyclic) bond motifs is 7. The molecule has 0 saturated carbocycles. The average Bonchev–Trinajstić information content (AvgIpc) is 3.84. The monoisotopic (exact) mass is 703 g/mol. The molecule has 258 valence electrons. The van der Waals surface area contributed by atoms with Crippen molar-refractivity contribution in [3.63, 3.8) is 0 Å². The summed E-state index contributed by atoms with van der Waals surface area (Å²) in [5.74, 6) is 0.627. The highest BCUT2D eigenvalue weighted by Crippen LogP contribution is 2.42. The van der Waals surface area contributed by atoms with E-state index in [1.807, 2.05) is 36.4 Å². The van der Waals surface area contributed by atoms with Crippen LogP contribution in [0.15, 0.2) is 205 Å². The maximum atomic E-state index is 6.24. The number of para-hydroxylation sites is 2. The van der Waals surface area contributed by atoms with Crippen molar-refractivity contribution in [1.82, 2.24) is 9.55 Å². The van der Waals surface area contributed by atoms with E-state index < -0.39 is 0 Å². The zero-order valence-corrected chi connectivity index (χ0v) is 29.8. The van der Waals surface area contributed by atoms with Crippen molar-refractivity contribution < 1.29 is 4.42 Å². The van der Waals surface area contributed by atoms with Gasteiger partial charge in [0, 0.05) is 44.5 Å². The molecule has 0 radical (unpaired) electrons. The molecule has 0 saturated heterocycles. The summed E-state index contributed by atoms with van der Waals surface area (Å²) < 4.78 is 8.62. The Morgan fingerprint density at radius 1 is 0.400 bits per heavy atom. The number of nitrogens with zero attached hydrogens (tertiary/aromatic N) is 3. The molecule has 0 fully saturated rings. The maximum absolute atomic E-state index is 6.24. The van der Waals surface area contributed by atoms with Crippen LogP contribution in [0.2, 0.25) is 0 Å². The summed E-state index contributed by atoms with van der Waals surface area (Å²) in [6.45, 7) is 0. The van der Waals surface area contributed by atoms with Crippen molar-refractivity contribution in [3.05, 3.63) is 200 Å². The van der Waals surface area contributed by atoms with Gasteiger partial charge in [0.2, 0.25) is 5.89 Å². The lowest BCUT2D eigenvalue weighted by Crippen LogP contribution is -2.10. The van der Waals surface area contributed by atoms with Crippen LogP contribution in [-0.2, 0) is 0 Å². The van der Waals surface area contributed by atoms with Crippen molar-refractivity contribution in [3.8, 4) is 28.3 Å². The van der Waals surface area contributed by atoms with Crippen LogP contribution in [0.1, 0.15) is 0 Å². The first-order valence-electron chi connectivity index (χ1n) is 18.6. The SMILES string of the molecule is c1ccc(-c2nc3c(ccc4cc(N(c5ccc(-c6ccc7ccccc7c6)cc5)c5ccc6c7ccccc7n(-c7ccccc7)c6c5)ccc43)o2)cc1. The largest absolute Gasteiger partial charge is 0.436 e. The molecule has 11 aromatic rings. The van der Waals surface area contributed by atoms with Crippen LogP contribution >= 0.6 is 0 Å². The van der Waals surface area contributed by atoms with Crippen LogP contribution in [0.5, 0.6) is 0 Å². The van der Waals surface area contributed by atoms with Crippen LogP contribution < -0.4 is 4.90 Å². The van der Waals surface area contributed by atoms with Crippen LogP contribution in [0.3, 0.4) is 0 Å². The quantitative estimate of drug-likeness (QED) is 0.173. The molecule has 0 atom stereocenters. The van der Waals surface area contributed by atoms with Gasteiger partial charge in [-0.2, -0.15) is 0 Å². The van der Waals surface area contributed by atoms with Gasteiger partial charge in [-0.3, -0.25) is 0 Å². The van der Waals surface area contributed by atoms with E-state index in [4.69, 9.17) is 9.40 Å². The Bertz CT molecular complexity index is 3200. The third kappa shape index (κ3) is 5.26. The smallest absolute Gasteiger partial charge is 0.227 e. The van der Waals surface area contributed by atoms with Crippen LogP contribution in [0.25, 0.3) is 82.7 Å². The van der Waals surface area contributed by atoms with Gasteiger partial charge >= 0.3 is 0 Å². The lowest BCUT2D eigenvalue weighted by molar-refractivity contribution is 0.620. The van der Waals surface area contributed by atoms with E-state index in [0.29, 0.717) is 5.89 Å². The summed E-state index contributed by atoms with van der Waals surface area (Å²) in [7, 11) is 0. The minimum absolute atomic E-state index is 0.627. The second kappa shape index (κ2) is 12.6. The lowest BCUT2D eigenvalue weighted by atomic mass is 10.0. The highest BCUT2D eigenvalue weighted by Gasteiger charge is 2.19. The number of rotatable bonds is 6. The van der Waals surface area contributed by atoms with E-state index in [1.165, 1.54) is 38.2 Å². The summed E-state index contributed by atoms with van der Waals surface area (Å²) in [6, 6.07) is 71.2. The fraction of sp³-hybridized carbons (Fsp3) is 0. The summed E-state index contributed by atoms with van der Waals surface area (Å²) in [6.07, 6.45) is 0. The summed E-state index contributed by atoms with van der Waals surface area (Å²) in [5.41, 5.74) is 11.6. The molecule has 0 aliphatic rings. The number of anilines is 3. The van der Waals surface area contributed by atoms with Crippen molar-refractivity contribution in [2.24, 2.45) is 0 Å². The molecule has 11 rings (SSSR count). The number of aromatic nitrogens is 2. The molecule has 2 aromatic heterocycles. The predicted molar refractivity (Wildman–Crippen MR) is 229 cm³/mol. The van der Waals surface area contributed by atoms with E-state index in [9.17, 15) is 0 Å². The third-order valence-corrected chi connectivity index (χ3v) is 10.8. The molecule has 55 heavy (non-hydrogen) atoms. The Hall–Kier alpha value is -7.43. The first-order valence-corrected chi connectivity index (χ1v) is 18.6. The zero-order valence-electron chi connectivity index (χ0n) is 29.8. The van der Waals surface area contributed by atoms with Gasteiger partial charge in [0.25, 0.3) is 0 Å². The lowest BCUT2D eigenvalue weighted by Gasteiger charge is -2.26. The molecule has 0 spiro atoms. The number of hydrogen-bond donors (Lipinski definition) is 0. The fourth-order valence-electron chi connectivity index (χ4n) is 8.12. The van der Waals surface area contributed by atoms with E-state index in [0.717, 1.165) is 55.7 Å². The Labute approximate surface area is 317 Å². The van der Waals surface area contributed by atoms with Gasteiger partial charge in [-0.05, 0) is 112 Å². The number of benzene rings is 9. The van der Waals surface area contributed by atoms with Crippen molar-refractivity contribution in [1.29, 1.82) is 0 Å². The van der Waals surface area contributed by atoms with Crippen LogP contribution in [0.4, 0.5) is 17.1 Å². The Kier molecular flexibility index (Phi) is 7.14. The molecule has 9 aromatic carbocycles.